The molecular formula is C10H14O5. The number of ether oxygens (including phenoxy) is 2. The summed E-state index contributed by atoms with van der Waals surface area (Å²) in [5.74, 6) is -1.53. The molecule has 0 saturated carbocycles. The van der Waals surface area contributed by atoms with Crippen LogP contribution >= 0.6 is 0 Å². The predicted molar refractivity (Wildman–Crippen MR) is 51.8 cm³/mol. The number of carbonyl (C=O) groups is 3. The fourth-order valence-corrected chi connectivity index (χ4v) is 0.692. The highest BCUT2D eigenvalue weighted by atomic mass is 16.5. The van der Waals surface area contributed by atoms with Crippen LogP contribution in [0.5, 0.6) is 0 Å². The Kier molecular flexibility index (Phi) is 6.01. The van der Waals surface area contributed by atoms with Crippen molar-refractivity contribution in [2.75, 3.05) is 6.61 Å². The van der Waals surface area contributed by atoms with Crippen LogP contribution in [0.2, 0.25) is 0 Å². The van der Waals surface area contributed by atoms with Gasteiger partial charge in [0.25, 0.3) is 0 Å². The highest BCUT2D eigenvalue weighted by molar-refractivity contribution is 5.94. The lowest BCUT2D eigenvalue weighted by Crippen LogP contribution is -2.09. The lowest BCUT2D eigenvalue weighted by Gasteiger charge is -2.01. The maximum Gasteiger partial charge on any atom is 0.336 e. The van der Waals surface area contributed by atoms with Gasteiger partial charge >= 0.3 is 11.9 Å². The Bertz CT molecular complexity index is 290. The summed E-state index contributed by atoms with van der Waals surface area (Å²) in [6, 6.07) is 0. The van der Waals surface area contributed by atoms with Crippen LogP contribution < -0.4 is 0 Å². The van der Waals surface area contributed by atoms with Crippen LogP contribution in [-0.2, 0) is 23.9 Å². The van der Waals surface area contributed by atoms with Crippen LogP contribution in [0.3, 0.4) is 0 Å². The summed E-state index contributed by atoms with van der Waals surface area (Å²) in [6.45, 7) is 4.67. The second kappa shape index (κ2) is 6.75. The van der Waals surface area contributed by atoms with Crippen molar-refractivity contribution in [1.29, 1.82) is 0 Å². The second-order valence-corrected chi connectivity index (χ2v) is 2.89. The quantitative estimate of drug-likeness (QED) is 0.295. The molecule has 0 aliphatic heterocycles. The highest BCUT2D eigenvalue weighted by Crippen LogP contribution is 1.98. The minimum Gasteiger partial charge on any atom is -0.463 e. The van der Waals surface area contributed by atoms with Crippen molar-refractivity contribution >= 4 is 17.7 Å². The molecule has 0 spiro atoms. The molecule has 0 heterocycles. The minimum absolute atomic E-state index is 0.175. The molecule has 0 saturated heterocycles. The Labute approximate surface area is 88.0 Å². The van der Waals surface area contributed by atoms with Crippen molar-refractivity contribution < 1.29 is 23.9 Å². The van der Waals surface area contributed by atoms with Crippen molar-refractivity contribution in [1.82, 2.24) is 0 Å². The summed E-state index contributed by atoms with van der Waals surface area (Å²) in [7, 11) is 0. The lowest BCUT2D eigenvalue weighted by molar-refractivity contribution is -0.141. The summed E-state index contributed by atoms with van der Waals surface area (Å²) in [4.78, 5) is 32.4. The Balaban J connectivity index is 4.10. The smallest absolute Gasteiger partial charge is 0.336 e. The number of esters is 2. The van der Waals surface area contributed by atoms with Crippen LogP contribution in [0.1, 0.15) is 27.2 Å². The molecule has 0 unspecified atom stereocenters. The molecule has 84 valence electrons. The van der Waals surface area contributed by atoms with Gasteiger partial charge in [-0.2, -0.15) is 0 Å². The van der Waals surface area contributed by atoms with Gasteiger partial charge in [-0.15, -0.1) is 0 Å². The maximum atomic E-state index is 11.0. The monoisotopic (exact) mass is 214 g/mol. The van der Waals surface area contributed by atoms with Crippen molar-refractivity contribution in [3.05, 3.63) is 11.8 Å². The standard InChI is InChI=1S/C10H14O5/c1-4-14-10(13)7(2)6-15-9(12)5-8(3)11/h6H,4-5H2,1-3H3/b7-6+. The third kappa shape index (κ3) is 6.42. The van der Waals surface area contributed by atoms with Gasteiger partial charge in [-0.05, 0) is 20.8 Å². The van der Waals surface area contributed by atoms with Crippen molar-refractivity contribution in [2.45, 2.75) is 27.2 Å². The molecule has 0 atom stereocenters. The first-order chi connectivity index (χ1) is 6.97. The molecule has 5 heteroatoms. The van der Waals surface area contributed by atoms with Gasteiger partial charge in [0.1, 0.15) is 18.5 Å². The molecule has 5 nitrogen and oxygen atoms in total. The molecule has 0 amide bonds. The molecule has 15 heavy (non-hydrogen) atoms. The van der Waals surface area contributed by atoms with Crippen molar-refractivity contribution in [3.8, 4) is 0 Å². The molecule has 0 aromatic rings. The Morgan fingerprint density at radius 2 is 1.80 bits per heavy atom. The fraction of sp³-hybridized carbons (Fsp3) is 0.500. The predicted octanol–water partition coefficient (Wildman–Crippen LogP) is 0.976. The molecular weight excluding hydrogens is 200 g/mol. The summed E-state index contributed by atoms with van der Waals surface area (Å²) in [5, 5.41) is 0. The van der Waals surface area contributed by atoms with E-state index in [4.69, 9.17) is 0 Å². The van der Waals surface area contributed by atoms with E-state index in [0.29, 0.717) is 0 Å². The third-order valence-electron chi connectivity index (χ3n) is 1.36. The number of Topliss-reactive ketones (excluding diaryl/α,β-unsaturated/α-hetero) is 1. The van der Waals surface area contributed by atoms with Gasteiger partial charge in [0.05, 0.1) is 12.2 Å². The largest absolute Gasteiger partial charge is 0.463 e. The highest BCUT2D eigenvalue weighted by Gasteiger charge is 2.08. The number of ketones is 1. The van der Waals surface area contributed by atoms with Gasteiger partial charge in [-0.25, -0.2) is 4.79 Å². The van der Waals surface area contributed by atoms with Crippen LogP contribution in [0.4, 0.5) is 0 Å². The maximum absolute atomic E-state index is 11.0. The summed E-state index contributed by atoms with van der Waals surface area (Å²) >= 11 is 0. The van der Waals surface area contributed by atoms with E-state index in [1.165, 1.54) is 13.8 Å². The van der Waals surface area contributed by atoms with E-state index in [1.54, 1.807) is 6.92 Å². The normalized spacial score (nSPS) is 10.7. The van der Waals surface area contributed by atoms with E-state index in [-0.39, 0.29) is 24.4 Å². The minimum atomic E-state index is -0.689. The van der Waals surface area contributed by atoms with Gasteiger partial charge in [0.15, 0.2) is 0 Å². The Hall–Kier alpha value is -1.65. The molecule has 0 aliphatic carbocycles. The van der Waals surface area contributed by atoms with Crippen molar-refractivity contribution in [3.63, 3.8) is 0 Å². The first kappa shape index (κ1) is 13.4. The topological polar surface area (TPSA) is 69.7 Å². The first-order valence-corrected chi connectivity index (χ1v) is 4.50. The average Bonchev–Trinajstić information content (AvgIpc) is 2.13. The van der Waals surface area contributed by atoms with Gasteiger partial charge in [0.2, 0.25) is 0 Å². The van der Waals surface area contributed by atoms with E-state index in [0.717, 1.165) is 6.26 Å². The number of hydrogen-bond acceptors (Lipinski definition) is 5. The van der Waals surface area contributed by atoms with Crippen LogP contribution in [-0.4, -0.2) is 24.3 Å². The zero-order chi connectivity index (χ0) is 11.8. The average molecular weight is 214 g/mol. The van der Waals surface area contributed by atoms with E-state index >= 15 is 0 Å². The summed E-state index contributed by atoms with van der Waals surface area (Å²) in [5.41, 5.74) is 0.175. The third-order valence-corrected chi connectivity index (χ3v) is 1.36. The Morgan fingerprint density at radius 1 is 1.20 bits per heavy atom. The molecule has 0 radical (unpaired) electrons. The molecule has 0 bridgehead atoms. The lowest BCUT2D eigenvalue weighted by atomic mass is 10.3. The van der Waals surface area contributed by atoms with Gasteiger partial charge < -0.3 is 9.47 Å². The van der Waals surface area contributed by atoms with Crippen molar-refractivity contribution in [2.24, 2.45) is 0 Å². The fourth-order valence-electron chi connectivity index (χ4n) is 0.692. The van der Waals surface area contributed by atoms with Gasteiger partial charge in [0, 0.05) is 0 Å². The van der Waals surface area contributed by atoms with Gasteiger partial charge in [-0.1, -0.05) is 0 Å². The van der Waals surface area contributed by atoms with Crippen LogP contribution in [0.25, 0.3) is 0 Å². The molecule has 0 aliphatic rings. The number of hydrogen-bond donors (Lipinski definition) is 0. The summed E-state index contributed by atoms with van der Waals surface area (Å²) < 4.78 is 9.21. The van der Waals surface area contributed by atoms with Crippen LogP contribution in [0.15, 0.2) is 11.8 Å². The number of rotatable bonds is 5. The second-order valence-electron chi connectivity index (χ2n) is 2.89. The molecule has 0 fully saturated rings. The SMILES string of the molecule is CCOC(=O)/C(C)=C/OC(=O)CC(C)=O. The van der Waals surface area contributed by atoms with E-state index in [1.807, 2.05) is 0 Å². The van der Waals surface area contributed by atoms with Crippen LogP contribution in [0, 0.1) is 0 Å². The van der Waals surface area contributed by atoms with E-state index in [9.17, 15) is 14.4 Å². The van der Waals surface area contributed by atoms with E-state index < -0.39 is 11.9 Å². The zero-order valence-corrected chi connectivity index (χ0v) is 9.03. The summed E-state index contributed by atoms with van der Waals surface area (Å²) in [6.07, 6.45) is 0.690. The molecule has 0 N–H and O–H groups in total. The zero-order valence-electron chi connectivity index (χ0n) is 9.03. The molecule has 0 aromatic carbocycles. The van der Waals surface area contributed by atoms with E-state index in [2.05, 4.69) is 9.47 Å². The number of carbonyl (C=O) groups excluding carboxylic acids is 3. The molecule has 0 rings (SSSR count). The molecule has 0 aromatic heterocycles. The first-order valence-electron chi connectivity index (χ1n) is 4.50. The Morgan fingerprint density at radius 3 is 2.27 bits per heavy atom. The van der Waals surface area contributed by atoms with Gasteiger partial charge in [-0.3, -0.25) is 9.59 Å².